The molecular weight excluding hydrogens is 404 g/mol. The maximum Gasteiger partial charge on any atom is 0.325 e. The van der Waals surface area contributed by atoms with E-state index in [-0.39, 0.29) is 23.9 Å². The van der Waals surface area contributed by atoms with Crippen LogP contribution in [0.2, 0.25) is 0 Å². The van der Waals surface area contributed by atoms with Gasteiger partial charge in [-0.1, -0.05) is 30.3 Å². The molecule has 1 fully saturated rings. The Labute approximate surface area is 176 Å². The number of aromatic amines is 1. The van der Waals surface area contributed by atoms with Crippen LogP contribution < -0.4 is 15.8 Å². The number of hydrogen-bond donors (Lipinski definition) is 2. The second-order valence-electron chi connectivity index (χ2n) is 7.16. The number of rotatable bonds is 5. The lowest BCUT2D eigenvalue weighted by Crippen LogP contribution is -2.45. The van der Waals surface area contributed by atoms with Gasteiger partial charge in [0.15, 0.2) is 0 Å². The van der Waals surface area contributed by atoms with Crippen LogP contribution in [0.3, 0.4) is 0 Å². The predicted molar refractivity (Wildman–Crippen MR) is 116 cm³/mol. The van der Waals surface area contributed by atoms with E-state index in [1.807, 2.05) is 40.6 Å². The Balaban J connectivity index is 1.59. The molecule has 3 heterocycles. The summed E-state index contributed by atoms with van der Waals surface area (Å²) in [6, 6.07) is 9.84. The molecule has 0 unspecified atom stereocenters. The molecule has 1 aliphatic rings. The number of carbonyl (C=O) groups excluding carboxylic acids is 2. The molecule has 4 rings (SSSR count). The van der Waals surface area contributed by atoms with Gasteiger partial charge in [-0.2, -0.15) is 0 Å². The maximum atomic E-state index is 12.7. The molecule has 0 spiro atoms. The first-order valence-corrected chi connectivity index (χ1v) is 10.6. The van der Waals surface area contributed by atoms with E-state index in [1.54, 1.807) is 0 Å². The van der Waals surface area contributed by atoms with Crippen molar-refractivity contribution in [2.45, 2.75) is 12.8 Å². The molecule has 0 radical (unpaired) electrons. The fraction of sp³-hybridized carbons (Fsp3) is 0.333. The van der Waals surface area contributed by atoms with Crippen LogP contribution in [-0.2, 0) is 14.3 Å². The summed E-state index contributed by atoms with van der Waals surface area (Å²) in [4.78, 5) is 45.9. The zero-order chi connectivity index (χ0) is 21.1. The average Bonchev–Trinajstić information content (AvgIpc) is 3.22. The van der Waals surface area contributed by atoms with Crippen molar-refractivity contribution >= 4 is 39.4 Å². The molecule has 3 aromatic rings. The molecule has 156 valence electrons. The third kappa shape index (κ3) is 4.06. The molecule has 0 saturated carbocycles. The number of thiophene rings is 1. The summed E-state index contributed by atoms with van der Waals surface area (Å²) in [5.41, 5.74) is 2.42. The molecule has 9 heteroatoms. The maximum absolute atomic E-state index is 12.7. The van der Waals surface area contributed by atoms with Crippen LogP contribution in [0.4, 0.5) is 5.95 Å². The lowest BCUT2D eigenvalue weighted by Gasteiger charge is -2.32. The van der Waals surface area contributed by atoms with Gasteiger partial charge in [0.1, 0.15) is 11.2 Å². The van der Waals surface area contributed by atoms with Crippen molar-refractivity contribution in [3.63, 3.8) is 0 Å². The van der Waals surface area contributed by atoms with Crippen LogP contribution in [0.15, 0.2) is 40.5 Å². The van der Waals surface area contributed by atoms with E-state index >= 15 is 0 Å². The average molecular weight is 426 g/mol. The lowest BCUT2D eigenvalue weighted by molar-refractivity contribution is -0.141. The number of nitrogens with zero attached hydrogens (tertiary/aromatic N) is 2. The van der Waals surface area contributed by atoms with Crippen LogP contribution in [0, 0.1) is 5.92 Å². The zero-order valence-corrected chi connectivity index (χ0v) is 17.3. The molecule has 0 bridgehead atoms. The largest absolute Gasteiger partial charge is 0.468 e. The minimum Gasteiger partial charge on any atom is -0.468 e. The minimum absolute atomic E-state index is 0.151. The third-order valence-corrected chi connectivity index (χ3v) is 6.19. The first-order valence-electron chi connectivity index (χ1n) is 9.73. The number of ether oxygens (including phenoxy) is 1. The molecule has 30 heavy (non-hydrogen) atoms. The van der Waals surface area contributed by atoms with Gasteiger partial charge in [-0.15, -0.1) is 11.3 Å². The Hall–Kier alpha value is -3.20. The highest BCUT2D eigenvalue weighted by atomic mass is 32.1. The highest BCUT2D eigenvalue weighted by Crippen LogP contribution is 2.32. The van der Waals surface area contributed by atoms with E-state index in [0.29, 0.717) is 35.7 Å². The van der Waals surface area contributed by atoms with Crippen molar-refractivity contribution in [1.82, 2.24) is 15.3 Å². The van der Waals surface area contributed by atoms with Gasteiger partial charge in [-0.3, -0.25) is 19.4 Å². The standard InChI is InChI=1S/C21H22N4O4S/c1-29-16(26)10-22-19(27)14-8-5-9-25(11-14)21-23-17-15(13-6-3-2-4-7-13)12-30-18(17)20(28)24-21/h2-4,6-7,12,14H,5,8-11H2,1H3,(H,22,27)(H,23,24,28)/t14-/m0/s1. The minimum atomic E-state index is -0.488. The Kier molecular flexibility index (Phi) is 5.80. The van der Waals surface area contributed by atoms with Crippen molar-refractivity contribution in [2.24, 2.45) is 5.92 Å². The number of nitrogens with one attached hydrogen (secondary N) is 2. The lowest BCUT2D eigenvalue weighted by atomic mass is 9.97. The van der Waals surface area contributed by atoms with Crippen molar-refractivity contribution < 1.29 is 14.3 Å². The summed E-state index contributed by atoms with van der Waals surface area (Å²) in [6.07, 6.45) is 1.50. The summed E-state index contributed by atoms with van der Waals surface area (Å²) in [5, 5.41) is 4.56. The Bertz CT molecular complexity index is 1120. The Morgan fingerprint density at radius 2 is 2.13 bits per heavy atom. The van der Waals surface area contributed by atoms with Crippen LogP contribution in [0.5, 0.6) is 0 Å². The monoisotopic (exact) mass is 426 g/mol. The second-order valence-corrected chi connectivity index (χ2v) is 8.04. The summed E-state index contributed by atoms with van der Waals surface area (Å²) in [5.74, 6) is -0.513. The van der Waals surface area contributed by atoms with Gasteiger partial charge >= 0.3 is 5.97 Å². The number of fused-ring (bicyclic) bond motifs is 1. The first-order chi connectivity index (χ1) is 14.6. The Morgan fingerprint density at radius 1 is 1.33 bits per heavy atom. The molecule has 8 nitrogen and oxygen atoms in total. The van der Waals surface area contributed by atoms with E-state index in [0.717, 1.165) is 17.5 Å². The van der Waals surface area contributed by atoms with Crippen LogP contribution in [0.25, 0.3) is 21.3 Å². The SMILES string of the molecule is COC(=O)CNC(=O)[C@H]1CCCN(c2nc3c(-c4ccccc4)csc3c(=O)[nH]2)C1. The number of aromatic nitrogens is 2. The molecule has 2 aromatic heterocycles. The Morgan fingerprint density at radius 3 is 2.90 bits per heavy atom. The van der Waals surface area contributed by atoms with Crippen molar-refractivity contribution in [2.75, 3.05) is 31.6 Å². The second kappa shape index (κ2) is 8.66. The van der Waals surface area contributed by atoms with Crippen LogP contribution >= 0.6 is 11.3 Å². The van der Waals surface area contributed by atoms with E-state index in [9.17, 15) is 14.4 Å². The van der Waals surface area contributed by atoms with Gasteiger partial charge < -0.3 is 15.0 Å². The van der Waals surface area contributed by atoms with Gasteiger partial charge in [-0.05, 0) is 18.4 Å². The van der Waals surface area contributed by atoms with E-state index in [1.165, 1.54) is 18.4 Å². The third-order valence-electron chi connectivity index (χ3n) is 5.23. The first kappa shape index (κ1) is 20.1. The molecular formula is C21H22N4O4S. The smallest absolute Gasteiger partial charge is 0.325 e. The predicted octanol–water partition coefficient (Wildman–Crippen LogP) is 2.16. The summed E-state index contributed by atoms with van der Waals surface area (Å²) in [6.45, 7) is 0.967. The molecule has 1 aliphatic heterocycles. The summed E-state index contributed by atoms with van der Waals surface area (Å²) in [7, 11) is 1.28. The van der Waals surface area contributed by atoms with Gasteiger partial charge in [-0.25, -0.2) is 4.98 Å². The molecule has 1 amide bonds. The normalized spacial score (nSPS) is 16.4. The molecule has 1 saturated heterocycles. The van der Waals surface area contributed by atoms with Gasteiger partial charge in [0.05, 0.1) is 18.5 Å². The van der Waals surface area contributed by atoms with Gasteiger partial charge in [0.2, 0.25) is 11.9 Å². The number of amides is 1. The zero-order valence-electron chi connectivity index (χ0n) is 16.5. The quantitative estimate of drug-likeness (QED) is 0.606. The van der Waals surface area contributed by atoms with E-state index in [2.05, 4.69) is 15.0 Å². The number of esters is 1. The van der Waals surface area contributed by atoms with Crippen LogP contribution in [-0.4, -0.2) is 48.6 Å². The molecule has 1 atom stereocenters. The molecule has 2 N–H and O–H groups in total. The number of H-pyrrole nitrogens is 1. The number of carbonyl (C=O) groups is 2. The topological polar surface area (TPSA) is 104 Å². The highest BCUT2D eigenvalue weighted by Gasteiger charge is 2.28. The van der Waals surface area contributed by atoms with E-state index < -0.39 is 5.97 Å². The molecule has 1 aromatic carbocycles. The van der Waals surface area contributed by atoms with Crippen molar-refractivity contribution in [3.05, 3.63) is 46.1 Å². The summed E-state index contributed by atoms with van der Waals surface area (Å²) < 4.78 is 5.14. The number of hydrogen-bond acceptors (Lipinski definition) is 7. The highest BCUT2D eigenvalue weighted by molar-refractivity contribution is 7.17. The van der Waals surface area contributed by atoms with Crippen molar-refractivity contribution in [3.8, 4) is 11.1 Å². The number of benzene rings is 1. The van der Waals surface area contributed by atoms with E-state index in [4.69, 9.17) is 4.98 Å². The van der Waals surface area contributed by atoms with Gasteiger partial charge in [0, 0.05) is 24.0 Å². The van der Waals surface area contributed by atoms with Gasteiger partial charge in [0.25, 0.3) is 5.56 Å². The van der Waals surface area contributed by atoms with Crippen molar-refractivity contribution in [1.29, 1.82) is 0 Å². The van der Waals surface area contributed by atoms with Crippen LogP contribution in [0.1, 0.15) is 12.8 Å². The number of piperidine rings is 1. The summed E-state index contributed by atoms with van der Waals surface area (Å²) >= 11 is 1.37. The molecule has 0 aliphatic carbocycles. The number of anilines is 1. The number of methoxy groups -OCH3 is 1. The fourth-order valence-corrected chi connectivity index (χ4v) is 4.56. The fourth-order valence-electron chi connectivity index (χ4n) is 3.65.